The number of aliphatic hydroxyl groups is 1. The number of imide groups is 1. The predicted molar refractivity (Wildman–Crippen MR) is 164 cm³/mol. The lowest BCUT2D eigenvalue weighted by Crippen LogP contribution is -2.41. The number of carbonyl (C=O) groups is 2. The molecule has 1 saturated carbocycles. The van der Waals surface area contributed by atoms with E-state index in [-0.39, 0.29) is 12.0 Å². The fraction of sp³-hybridized carbons (Fsp3) is 0.394. The monoisotopic (exact) mass is 600 g/mol. The van der Waals surface area contributed by atoms with Crippen LogP contribution in [0.4, 0.5) is 15.0 Å². The van der Waals surface area contributed by atoms with Crippen LogP contribution in [0.15, 0.2) is 54.9 Å². The lowest BCUT2D eigenvalue weighted by molar-refractivity contribution is 0.0208. The Morgan fingerprint density at radius 3 is 2.64 bits per heavy atom. The van der Waals surface area contributed by atoms with Gasteiger partial charge in [-0.2, -0.15) is 0 Å². The number of pyridine rings is 2. The molecular weight excluding hydrogens is 563 g/mol. The molecule has 230 valence electrons. The summed E-state index contributed by atoms with van der Waals surface area (Å²) in [6, 6.07) is 11.8. The Balaban J connectivity index is 1.46. The fourth-order valence-corrected chi connectivity index (χ4v) is 6.21. The summed E-state index contributed by atoms with van der Waals surface area (Å²) >= 11 is 0. The van der Waals surface area contributed by atoms with Crippen molar-refractivity contribution in [2.24, 2.45) is 0 Å². The van der Waals surface area contributed by atoms with Gasteiger partial charge in [0.25, 0.3) is 5.91 Å². The van der Waals surface area contributed by atoms with Gasteiger partial charge in [-0.3, -0.25) is 9.20 Å². The number of aliphatic hydroxyl groups excluding tert-OH is 1. The fourth-order valence-electron chi connectivity index (χ4n) is 6.21. The van der Waals surface area contributed by atoms with E-state index in [1.165, 1.54) is 12.1 Å². The van der Waals surface area contributed by atoms with Crippen molar-refractivity contribution < 1.29 is 23.8 Å². The van der Waals surface area contributed by atoms with Crippen molar-refractivity contribution in [3.63, 3.8) is 0 Å². The van der Waals surface area contributed by atoms with Gasteiger partial charge in [0.2, 0.25) is 0 Å². The molecule has 3 aromatic heterocycles. The molecule has 1 fully saturated rings. The van der Waals surface area contributed by atoms with Crippen LogP contribution in [0.3, 0.4) is 0 Å². The third-order valence-corrected chi connectivity index (χ3v) is 8.03. The number of nitrogens with one attached hydrogen (secondary N) is 1. The highest BCUT2D eigenvalue weighted by Gasteiger charge is 2.45. The molecule has 0 spiro atoms. The molecule has 0 radical (unpaired) electrons. The van der Waals surface area contributed by atoms with E-state index in [4.69, 9.17) is 9.72 Å². The van der Waals surface area contributed by atoms with Crippen molar-refractivity contribution in [3.05, 3.63) is 83.1 Å². The average Bonchev–Trinajstić information content (AvgIpc) is 3.63. The van der Waals surface area contributed by atoms with Crippen LogP contribution >= 0.6 is 0 Å². The number of halogens is 1. The van der Waals surface area contributed by atoms with Gasteiger partial charge in [0.05, 0.1) is 23.7 Å². The number of hydrogen-bond acceptors (Lipinski definition) is 8. The normalized spacial score (nSPS) is 20.0. The molecule has 10 nitrogen and oxygen atoms in total. The second-order valence-corrected chi connectivity index (χ2v) is 12.8. The summed E-state index contributed by atoms with van der Waals surface area (Å²) in [6.45, 7) is 5.82. The number of anilines is 1. The number of aromatic nitrogens is 3. The molecule has 4 aromatic rings. The topological polar surface area (TPSA) is 112 Å². The van der Waals surface area contributed by atoms with Crippen molar-refractivity contribution in [3.8, 4) is 11.3 Å². The zero-order valence-corrected chi connectivity index (χ0v) is 25.5. The number of fused-ring (bicyclic) bond motifs is 2. The number of hydrogen-bond donors (Lipinski definition) is 2. The second kappa shape index (κ2) is 11.3. The van der Waals surface area contributed by atoms with Crippen LogP contribution in [-0.2, 0) is 11.3 Å². The highest BCUT2D eigenvalue weighted by Crippen LogP contribution is 2.42. The maximum atomic E-state index is 14.0. The number of imidazole rings is 1. The largest absolute Gasteiger partial charge is 0.443 e. The third kappa shape index (κ3) is 5.65. The van der Waals surface area contributed by atoms with Crippen LogP contribution in [0.1, 0.15) is 79.3 Å². The third-order valence-electron chi connectivity index (χ3n) is 8.03. The molecule has 11 heteroatoms. The molecule has 1 aliphatic heterocycles. The number of ether oxygens (including phenoxy) is 1. The van der Waals surface area contributed by atoms with Crippen LogP contribution in [0.25, 0.3) is 16.9 Å². The van der Waals surface area contributed by atoms with E-state index in [0.717, 1.165) is 29.0 Å². The average molecular weight is 601 g/mol. The molecule has 2 aliphatic rings. The minimum atomic E-state index is -0.951. The van der Waals surface area contributed by atoms with Gasteiger partial charge < -0.3 is 20.1 Å². The smallest absolute Gasteiger partial charge is 0.419 e. The van der Waals surface area contributed by atoms with Gasteiger partial charge in [0, 0.05) is 35.5 Å². The number of rotatable bonds is 6. The lowest BCUT2D eigenvalue weighted by Gasteiger charge is -2.29. The molecule has 3 atom stereocenters. The van der Waals surface area contributed by atoms with Gasteiger partial charge in [-0.1, -0.05) is 18.2 Å². The van der Waals surface area contributed by atoms with Crippen molar-refractivity contribution >= 4 is 23.5 Å². The zero-order chi connectivity index (χ0) is 31.3. The van der Waals surface area contributed by atoms with Crippen molar-refractivity contribution in [1.82, 2.24) is 24.2 Å². The molecule has 3 unspecified atom stereocenters. The SMILES string of the molecule is CN(C)Cc1nc(NC2c3c(cccc3-c3cnc4cc(F)ccn34)C(=O)N2C(=O)OC(C)(C)C)ccc1C1CCC(O)C1. The molecule has 6 rings (SSSR count). The van der Waals surface area contributed by atoms with Crippen LogP contribution in [0.5, 0.6) is 0 Å². The Morgan fingerprint density at radius 2 is 1.93 bits per heavy atom. The summed E-state index contributed by atoms with van der Waals surface area (Å²) in [6.07, 6.45) is 3.50. The quantitative estimate of drug-likeness (QED) is 0.289. The Labute approximate surface area is 255 Å². The van der Waals surface area contributed by atoms with E-state index in [0.29, 0.717) is 46.8 Å². The van der Waals surface area contributed by atoms with E-state index in [2.05, 4.69) is 10.3 Å². The second-order valence-electron chi connectivity index (χ2n) is 12.8. The first-order valence-electron chi connectivity index (χ1n) is 14.8. The van der Waals surface area contributed by atoms with Crippen LogP contribution < -0.4 is 5.32 Å². The summed E-state index contributed by atoms with van der Waals surface area (Å²) < 4.78 is 21.4. The Bertz CT molecular complexity index is 1750. The molecular formula is C33H37FN6O4. The van der Waals surface area contributed by atoms with Crippen molar-refractivity contribution in [2.75, 3.05) is 19.4 Å². The Morgan fingerprint density at radius 1 is 1.16 bits per heavy atom. The van der Waals surface area contributed by atoms with Gasteiger partial charge in [-0.25, -0.2) is 24.1 Å². The molecule has 1 aliphatic carbocycles. The van der Waals surface area contributed by atoms with Crippen LogP contribution in [0, 0.1) is 5.82 Å². The van der Waals surface area contributed by atoms with Crippen LogP contribution in [-0.4, -0.2) is 67.1 Å². The first-order chi connectivity index (χ1) is 20.9. The summed E-state index contributed by atoms with van der Waals surface area (Å²) in [7, 11) is 3.94. The van der Waals surface area contributed by atoms with Gasteiger partial charge in [-0.15, -0.1) is 0 Å². The summed E-state index contributed by atoms with van der Waals surface area (Å²) in [5.74, 6) is -0.217. The summed E-state index contributed by atoms with van der Waals surface area (Å²) in [4.78, 5) is 40.0. The van der Waals surface area contributed by atoms with Crippen molar-refractivity contribution in [1.29, 1.82) is 0 Å². The van der Waals surface area contributed by atoms with E-state index >= 15 is 0 Å². The van der Waals surface area contributed by atoms with E-state index in [9.17, 15) is 19.1 Å². The standard InChI is InChI=1S/C33H37FN6O4/c1-33(2,3)44-32(43)40-30(37-27-12-11-22(19-9-10-21(41)15-19)25(36-27)18-38(4)5)29-23(7-6-8-24(29)31(40)42)26-17-35-28-16-20(34)13-14-39(26)28/h6-8,11-14,16-17,19,21,30,41H,9-10,15,18H2,1-5H3,(H,36,37). The molecule has 0 bridgehead atoms. The molecule has 4 heterocycles. The van der Waals surface area contributed by atoms with Gasteiger partial charge in [-0.05, 0) is 83.8 Å². The van der Waals surface area contributed by atoms with Crippen molar-refractivity contribution in [2.45, 2.75) is 70.4 Å². The molecule has 44 heavy (non-hydrogen) atoms. The predicted octanol–water partition coefficient (Wildman–Crippen LogP) is 5.73. The number of amides is 2. The van der Waals surface area contributed by atoms with Gasteiger partial charge >= 0.3 is 6.09 Å². The zero-order valence-electron chi connectivity index (χ0n) is 25.5. The first kappa shape index (κ1) is 29.7. The summed E-state index contributed by atoms with van der Waals surface area (Å²) in [5, 5.41) is 13.6. The minimum absolute atomic E-state index is 0.208. The molecule has 0 saturated heterocycles. The van der Waals surface area contributed by atoms with E-state index < -0.39 is 29.6 Å². The maximum absolute atomic E-state index is 14.0. The first-order valence-corrected chi connectivity index (χ1v) is 14.8. The Hall–Kier alpha value is -4.35. The maximum Gasteiger partial charge on any atom is 0.419 e. The lowest BCUT2D eigenvalue weighted by atomic mass is 9.95. The van der Waals surface area contributed by atoms with Gasteiger partial charge in [0.15, 0.2) is 0 Å². The number of carbonyl (C=O) groups excluding carboxylic acids is 2. The van der Waals surface area contributed by atoms with E-state index in [1.807, 2.05) is 37.2 Å². The van der Waals surface area contributed by atoms with Crippen LogP contribution in [0.2, 0.25) is 0 Å². The molecule has 2 N–H and O–H groups in total. The van der Waals surface area contributed by atoms with E-state index in [1.54, 1.807) is 49.7 Å². The number of nitrogens with zero attached hydrogens (tertiary/aromatic N) is 5. The highest BCUT2D eigenvalue weighted by atomic mass is 19.1. The molecule has 1 aromatic carbocycles. The molecule has 2 amide bonds. The Kier molecular flexibility index (Phi) is 7.63. The minimum Gasteiger partial charge on any atom is -0.443 e. The number of benzene rings is 1. The summed E-state index contributed by atoms with van der Waals surface area (Å²) in [5.41, 5.74) is 3.73. The van der Waals surface area contributed by atoms with Gasteiger partial charge in [0.1, 0.15) is 29.0 Å². The highest BCUT2D eigenvalue weighted by molar-refractivity contribution is 6.09.